The number of halogens is 1. The van der Waals surface area contributed by atoms with Crippen LogP contribution in [-0.2, 0) is 0 Å². The van der Waals surface area contributed by atoms with E-state index in [-0.39, 0.29) is 0 Å². The summed E-state index contributed by atoms with van der Waals surface area (Å²) in [6, 6.07) is 11.7. The zero-order valence-corrected chi connectivity index (χ0v) is 12.3. The van der Waals surface area contributed by atoms with Crippen molar-refractivity contribution in [2.45, 2.75) is 0 Å². The molecular weight excluding hydrogens is 322 g/mol. The average Bonchev–Trinajstić information content (AvgIpc) is 2.93. The Morgan fingerprint density at radius 1 is 1.11 bits per heavy atom. The highest BCUT2D eigenvalue weighted by Gasteiger charge is 2.08. The molecule has 0 atom stereocenters. The second-order valence-corrected chi connectivity index (χ2v) is 5.70. The van der Waals surface area contributed by atoms with Crippen LogP contribution in [0.4, 0.5) is 5.69 Å². The number of benzene rings is 1. The van der Waals surface area contributed by atoms with Gasteiger partial charge in [-0.2, -0.15) is 0 Å². The number of aromatic nitrogens is 2. The van der Waals surface area contributed by atoms with Crippen molar-refractivity contribution in [2.75, 3.05) is 5.73 Å². The Morgan fingerprint density at radius 2 is 2.00 bits per heavy atom. The fourth-order valence-electron chi connectivity index (χ4n) is 1.72. The van der Waals surface area contributed by atoms with Gasteiger partial charge < -0.3 is 5.73 Å². The lowest BCUT2D eigenvalue weighted by Gasteiger charge is -2.01. The van der Waals surface area contributed by atoms with Crippen molar-refractivity contribution in [3.05, 3.63) is 52.4 Å². The lowest BCUT2D eigenvalue weighted by Crippen LogP contribution is -1.88. The number of nitrogens with two attached hydrogens (primary N) is 1. The second kappa shape index (κ2) is 5.11. The predicted molar refractivity (Wildman–Crippen MR) is 82.9 cm³/mol. The van der Waals surface area contributed by atoms with Crippen LogP contribution in [0.2, 0.25) is 0 Å². The van der Waals surface area contributed by atoms with Crippen molar-refractivity contribution in [3.63, 3.8) is 0 Å². The first-order valence-corrected chi connectivity index (χ1v) is 7.33. The van der Waals surface area contributed by atoms with Gasteiger partial charge in [-0.3, -0.25) is 4.98 Å². The first-order chi connectivity index (χ1) is 9.24. The molecule has 2 aromatic heterocycles. The van der Waals surface area contributed by atoms with Crippen LogP contribution in [0.25, 0.3) is 22.0 Å². The molecule has 94 valence electrons. The first kappa shape index (κ1) is 12.3. The van der Waals surface area contributed by atoms with E-state index in [0.717, 1.165) is 26.4 Å². The Balaban J connectivity index is 1.99. The minimum Gasteiger partial charge on any atom is -0.398 e. The normalized spacial score (nSPS) is 10.6. The summed E-state index contributed by atoms with van der Waals surface area (Å²) in [6.07, 6.45) is 1.77. The molecule has 3 aromatic rings. The number of nitrogen functional groups attached to an aromatic ring is 1. The van der Waals surface area contributed by atoms with Crippen LogP contribution in [-0.4, -0.2) is 9.97 Å². The second-order valence-electron chi connectivity index (χ2n) is 3.99. The maximum atomic E-state index is 5.89. The van der Waals surface area contributed by atoms with Crippen LogP contribution < -0.4 is 5.73 Å². The largest absolute Gasteiger partial charge is 0.398 e. The van der Waals surface area contributed by atoms with E-state index in [4.69, 9.17) is 5.73 Å². The van der Waals surface area contributed by atoms with E-state index in [2.05, 4.69) is 25.9 Å². The molecule has 3 nitrogen and oxygen atoms in total. The van der Waals surface area contributed by atoms with Gasteiger partial charge in [0, 0.05) is 27.3 Å². The SMILES string of the molecule is Nc1cc(-c2csc(-c3ccccn3)n2)ccc1Br. The molecule has 0 aliphatic rings. The number of rotatable bonds is 2. The summed E-state index contributed by atoms with van der Waals surface area (Å²) >= 11 is 4.97. The van der Waals surface area contributed by atoms with Gasteiger partial charge in [0.2, 0.25) is 0 Å². The summed E-state index contributed by atoms with van der Waals surface area (Å²) in [4.78, 5) is 8.91. The van der Waals surface area contributed by atoms with Crippen molar-refractivity contribution in [1.29, 1.82) is 0 Å². The molecule has 19 heavy (non-hydrogen) atoms. The average molecular weight is 332 g/mol. The number of thiazole rings is 1. The van der Waals surface area contributed by atoms with Crippen molar-refractivity contribution in [1.82, 2.24) is 9.97 Å². The Morgan fingerprint density at radius 3 is 2.74 bits per heavy atom. The molecule has 0 saturated heterocycles. The van der Waals surface area contributed by atoms with Crippen LogP contribution in [0.1, 0.15) is 0 Å². The van der Waals surface area contributed by atoms with E-state index in [0.29, 0.717) is 5.69 Å². The van der Waals surface area contributed by atoms with Gasteiger partial charge in [-0.15, -0.1) is 11.3 Å². The molecule has 0 spiro atoms. The molecule has 3 rings (SSSR count). The molecule has 1 aromatic carbocycles. The lowest BCUT2D eigenvalue weighted by molar-refractivity contribution is 1.29. The van der Waals surface area contributed by atoms with Gasteiger partial charge in [0.15, 0.2) is 0 Å². The number of hydrogen-bond acceptors (Lipinski definition) is 4. The molecule has 0 radical (unpaired) electrons. The molecule has 0 unspecified atom stereocenters. The topological polar surface area (TPSA) is 51.8 Å². The molecule has 0 fully saturated rings. The summed E-state index contributed by atoms with van der Waals surface area (Å²) in [6.45, 7) is 0. The number of pyridine rings is 1. The molecule has 0 bridgehead atoms. The van der Waals surface area contributed by atoms with Crippen molar-refractivity contribution in [3.8, 4) is 22.0 Å². The van der Waals surface area contributed by atoms with Crippen LogP contribution in [0.15, 0.2) is 52.4 Å². The molecule has 5 heteroatoms. The molecule has 0 aliphatic carbocycles. The molecule has 0 aliphatic heterocycles. The van der Waals surface area contributed by atoms with Crippen molar-refractivity contribution >= 4 is 33.0 Å². The van der Waals surface area contributed by atoms with Crippen LogP contribution in [0.5, 0.6) is 0 Å². The maximum absolute atomic E-state index is 5.89. The molecule has 2 N–H and O–H groups in total. The Labute approximate surface area is 123 Å². The third kappa shape index (κ3) is 2.52. The van der Waals surface area contributed by atoms with E-state index in [1.807, 2.05) is 41.8 Å². The Kier molecular flexibility index (Phi) is 3.31. The Hall–Kier alpha value is -1.72. The number of anilines is 1. The van der Waals surface area contributed by atoms with E-state index in [1.165, 1.54) is 0 Å². The van der Waals surface area contributed by atoms with Crippen LogP contribution in [0.3, 0.4) is 0 Å². The molecule has 0 amide bonds. The third-order valence-corrected chi connectivity index (χ3v) is 4.27. The summed E-state index contributed by atoms with van der Waals surface area (Å²) in [5, 5.41) is 2.93. The van der Waals surface area contributed by atoms with Gasteiger partial charge in [-0.1, -0.05) is 12.1 Å². The lowest BCUT2D eigenvalue weighted by atomic mass is 10.1. The highest BCUT2D eigenvalue weighted by molar-refractivity contribution is 9.10. The van der Waals surface area contributed by atoms with Crippen LogP contribution >= 0.6 is 27.3 Å². The van der Waals surface area contributed by atoms with Crippen molar-refractivity contribution in [2.24, 2.45) is 0 Å². The number of hydrogen-bond donors (Lipinski definition) is 1. The monoisotopic (exact) mass is 331 g/mol. The van der Waals surface area contributed by atoms with E-state index in [9.17, 15) is 0 Å². The summed E-state index contributed by atoms with van der Waals surface area (Å²) in [5.74, 6) is 0. The van der Waals surface area contributed by atoms with E-state index < -0.39 is 0 Å². The minimum atomic E-state index is 0.713. The van der Waals surface area contributed by atoms with Gasteiger partial charge in [0.05, 0.1) is 11.4 Å². The highest BCUT2D eigenvalue weighted by atomic mass is 79.9. The molecule has 2 heterocycles. The quantitative estimate of drug-likeness (QED) is 0.715. The summed E-state index contributed by atoms with van der Waals surface area (Å²) in [7, 11) is 0. The van der Waals surface area contributed by atoms with Crippen LogP contribution in [0, 0.1) is 0 Å². The third-order valence-electron chi connectivity index (χ3n) is 2.68. The molecule has 0 saturated carbocycles. The van der Waals surface area contributed by atoms with E-state index in [1.54, 1.807) is 17.5 Å². The van der Waals surface area contributed by atoms with Crippen molar-refractivity contribution < 1.29 is 0 Å². The van der Waals surface area contributed by atoms with Gasteiger partial charge in [-0.05, 0) is 40.2 Å². The zero-order valence-electron chi connectivity index (χ0n) is 9.88. The fraction of sp³-hybridized carbons (Fsp3) is 0. The number of nitrogens with zero attached hydrogens (tertiary/aromatic N) is 2. The standard InChI is InChI=1S/C14H10BrN3S/c15-10-5-4-9(7-11(10)16)13-8-19-14(18-13)12-3-1-2-6-17-12/h1-8H,16H2. The van der Waals surface area contributed by atoms with E-state index >= 15 is 0 Å². The molecular formula is C14H10BrN3S. The van der Waals surface area contributed by atoms with Gasteiger partial charge >= 0.3 is 0 Å². The maximum Gasteiger partial charge on any atom is 0.142 e. The Bertz CT molecular complexity index is 710. The summed E-state index contributed by atoms with van der Waals surface area (Å²) in [5.41, 5.74) is 9.43. The van der Waals surface area contributed by atoms with Gasteiger partial charge in [0.25, 0.3) is 0 Å². The fourth-order valence-corrected chi connectivity index (χ4v) is 2.77. The minimum absolute atomic E-state index is 0.713. The first-order valence-electron chi connectivity index (χ1n) is 5.66. The van der Waals surface area contributed by atoms with Gasteiger partial charge in [0.1, 0.15) is 5.01 Å². The zero-order chi connectivity index (χ0) is 13.2. The predicted octanol–water partition coefficient (Wildman–Crippen LogP) is 4.22. The smallest absolute Gasteiger partial charge is 0.142 e. The van der Waals surface area contributed by atoms with Gasteiger partial charge in [-0.25, -0.2) is 4.98 Å². The summed E-state index contributed by atoms with van der Waals surface area (Å²) < 4.78 is 0.899. The highest BCUT2D eigenvalue weighted by Crippen LogP contribution is 2.30.